The molecule has 2 unspecified atom stereocenters. The number of aromatic nitrogens is 2. The molecule has 2 N–H and O–H groups in total. The molecule has 98 valence electrons. The smallest absolute Gasteiger partial charge is 0.195 e. The Morgan fingerprint density at radius 3 is 3.11 bits per heavy atom. The van der Waals surface area contributed by atoms with E-state index in [1.807, 2.05) is 11.8 Å². The van der Waals surface area contributed by atoms with Gasteiger partial charge in [0.25, 0.3) is 0 Å². The van der Waals surface area contributed by atoms with Crippen LogP contribution in [0.2, 0.25) is 0 Å². The third-order valence-electron chi connectivity index (χ3n) is 3.69. The third-order valence-corrected chi connectivity index (χ3v) is 5.78. The molecule has 0 aliphatic carbocycles. The van der Waals surface area contributed by atoms with Crippen molar-refractivity contribution in [2.75, 3.05) is 17.2 Å². The minimum absolute atomic E-state index is 0.513. The first kappa shape index (κ1) is 12.3. The molecule has 6 heteroatoms. The molecule has 0 amide bonds. The van der Waals surface area contributed by atoms with Crippen LogP contribution in [0.15, 0.2) is 11.6 Å². The highest BCUT2D eigenvalue weighted by Gasteiger charge is 2.29. The van der Waals surface area contributed by atoms with Gasteiger partial charge in [0.05, 0.1) is 5.69 Å². The van der Waals surface area contributed by atoms with Gasteiger partial charge in [0.1, 0.15) is 0 Å². The maximum Gasteiger partial charge on any atom is 0.195 e. The lowest BCUT2D eigenvalue weighted by Gasteiger charge is -2.38. The average molecular weight is 282 g/mol. The summed E-state index contributed by atoms with van der Waals surface area (Å²) in [7, 11) is 0. The summed E-state index contributed by atoms with van der Waals surface area (Å²) >= 11 is 3.71. The van der Waals surface area contributed by atoms with Gasteiger partial charge in [-0.25, -0.2) is 4.98 Å². The molecule has 0 aromatic carbocycles. The minimum atomic E-state index is 0.513. The van der Waals surface area contributed by atoms with Crippen LogP contribution in [0.3, 0.4) is 0 Å². The molecule has 2 aromatic rings. The predicted molar refractivity (Wildman–Crippen MR) is 79.7 cm³/mol. The van der Waals surface area contributed by atoms with Crippen LogP contribution in [0.25, 0.3) is 4.96 Å². The molecule has 0 spiro atoms. The van der Waals surface area contributed by atoms with Crippen LogP contribution in [-0.4, -0.2) is 33.0 Å². The molecule has 1 fully saturated rings. The Kier molecular flexibility index (Phi) is 3.25. The van der Waals surface area contributed by atoms with Gasteiger partial charge in [-0.2, -0.15) is 11.8 Å². The molecule has 18 heavy (non-hydrogen) atoms. The van der Waals surface area contributed by atoms with Crippen LogP contribution in [0.1, 0.15) is 19.5 Å². The summed E-state index contributed by atoms with van der Waals surface area (Å²) in [5, 5.41) is 2.70. The molecule has 2 aromatic heterocycles. The molecular formula is C12H18N4S2. The van der Waals surface area contributed by atoms with Gasteiger partial charge in [-0.1, -0.05) is 6.92 Å². The standard InChI is InChI=1S/C12H18N4S2/c1-8-9(2)17-5-3-15(8)11-10(7-13)16-4-6-18-12(16)14-11/h4,6,8-9H,3,5,7,13H2,1-2H3. The zero-order chi connectivity index (χ0) is 12.7. The second kappa shape index (κ2) is 4.75. The highest BCUT2D eigenvalue weighted by molar-refractivity contribution is 8.00. The van der Waals surface area contributed by atoms with Crippen LogP contribution in [0, 0.1) is 0 Å². The molecule has 3 rings (SSSR count). The van der Waals surface area contributed by atoms with Gasteiger partial charge in [-0.15, -0.1) is 11.3 Å². The van der Waals surface area contributed by atoms with Gasteiger partial charge >= 0.3 is 0 Å². The number of hydrogen-bond donors (Lipinski definition) is 1. The third kappa shape index (κ3) is 1.83. The van der Waals surface area contributed by atoms with Crippen LogP contribution in [-0.2, 0) is 6.54 Å². The fourth-order valence-electron chi connectivity index (χ4n) is 2.47. The Bertz CT molecular complexity index is 547. The van der Waals surface area contributed by atoms with E-state index in [1.54, 1.807) is 11.3 Å². The topological polar surface area (TPSA) is 46.6 Å². The lowest BCUT2D eigenvalue weighted by molar-refractivity contribution is 0.618. The van der Waals surface area contributed by atoms with E-state index in [0.717, 1.165) is 23.0 Å². The molecule has 3 heterocycles. The summed E-state index contributed by atoms with van der Waals surface area (Å²) in [6.07, 6.45) is 2.06. The summed E-state index contributed by atoms with van der Waals surface area (Å²) in [5.41, 5.74) is 7.06. The lowest BCUT2D eigenvalue weighted by Crippen LogP contribution is -2.45. The van der Waals surface area contributed by atoms with E-state index in [0.29, 0.717) is 17.8 Å². The van der Waals surface area contributed by atoms with Crippen molar-refractivity contribution in [3.05, 3.63) is 17.3 Å². The van der Waals surface area contributed by atoms with Crippen molar-refractivity contribution in [2.45, 2.75) is 31.7 Å². The van der Waals surface area contributed by atoms with E-state index in [-0.39, 0.29) is 0 Å². The first-order valence-electron chi connectivity index (χ1n) is 6.25. The number of hydrogen-bond acceptors (Lipinski definition) is 5. The van der Waals surface area contributed by atoms with Crippen molar-refractivity contribution >= 4 is 33.9 Å². The largest absolute Gasteiger partial charge is 0.350 e. The van der Waals surface area contributed by atoms with Crippen LogP contribution < -0.4 is 10.6 Å². The first-order valence-corrected chi connectivity index (χ1v) is 8.18. The Morgan fingerprint density at radius 1 is 1.50 bits per heavy atom. The molecule has 1 saturated heterocycles. The number of fused-ring (bicyclic) bond motifs is 1. The highest BCUT2D eigenvalue weighted by atomic mass is 32.2. The van der Waals surface area contributed by atoms with Crippen LogP contribution in [0.5, 0.6) is 0 Å². The van der Waals surface area contributed by atoms with E-state index in [4.69, 9.17) is 10.7 Å². The highest BCUT2D eigenvalue weighted by Crippen LogP contribution is 2.32. The number of thioether (sulfide) groups is 1. The maximum absolute atomic E-state index is 5.92. The minimum Gasteiger partial charge on any atom is -0.350 e. The average Bonchev–Trinajstić information content (AvgIpc) is 2.92. The molecule has 0 bridgehead atoms. The van der Waals surface area contributed by atoms with Crippen molar-refractivity contribution in [1.82, 2.24) is 9.38 Å². The molecule has 0 saturated carbocycles. The fraction of sp³-hybridized carbons (Fsp3) is 0.583. The van der Waals surface area contributed by atoms with Crippen molar-refractivity contribution in [1.29, 1.82) is 0 Å². The Morgan fingerprint density at radius 2 is 2.33 bits per heavy atom. The monoisotopic (exact) mass is 282 g/mol. The molecule has 1 aliphatic heterocycles. The van der Waals surface area contributed by atoms with E-state index >= 15 is 0 Å². The van der Waals surface area contributed by atoms with Crippen molar-refractivity contribution in [2.24, 2.45) is 5.73 Å². The van der Waals surface area contributed by atoms with Crippen molar-refractivity contribution in [3.63, 3.8) is 0 Å². The second-order valence-corrected chi connectivity index (χ2v) is 7.01. The van der Waals surface area contributed by atoms with E-state index in [9.17, 15) is 0 Å². The quantitative estimate of drug-likeness (QED) is 0.917. The zero-order valence-corrected chi connectivity index (χ0v) is 12.3. The molecule has 0 radical (unpaired) electrons. The Balaban J connectivity index is 2.04. The van der Waals surface area contributed by atoms with Gasteiger partial charge in [0.15, 0.2) is 10.8 Å². The van der Waals surface area contributed by atoms with Crippen LogP contribution >= 0.6 is 23.1 Å². The number of thiazole rings is 1. The second-order valence-electron chi connectivity index (χ2n) is 4.65. The number of nitrogens with two attached hydrogens (primary N) is 1. The summed E-state index contributed by atoms with van der Waals surface area (Å²) in [5.74, 6) is 2.25. The normalized spacial score (nSPS) is 24.9. The number of rotatable bonds is 2. The maximum atomic E-state index is 5.92. The summed E-state index contributed by atoms with van der Waals surface area (Å²) in [6, 6.07) is 0.513. The molecule has 4 nitrogen and oxygen atoms in total. The van der Waals surface area contributed by atoms with Crippen molar-refractivity contribution in [3.8, 4) is 0 Å². The van der Waals surface area contributed by atoms with Gasteiger partial charge in [-0.05, 0) is 6.92 Å². The molecule has 2 atom stereocenters. The number of anilines is 1. The summed E-state index contributed by atoms with van der Waals surface area (Å²) in [6.45, 7) is 6.18. The van der Waals surface area contributed by atoms with Gasteiger partial charge in [0.2, 0.25) is 0 Å². The first-order chi connectivity index (χ1) is 8.72. The summed E-state index contributed by atoms with van der Waals surface area (Å²) < 4.78 is 2.12. The van der Waals surface area contributed by atoms with Gasteiger partial charge < -0.3 is 10.6 Å². The van der Waals surface area contributed by atoms with E-state index in [2.05, 4.69) is 34.7 Å². The number of nitrogens with zero attached hydrogens (tertiary/aromatic N) is 3. The van der Waals surface area contributed by atoms with Crippen LogP contribution in [0.4, 0.5) is 5.82 Å². The van der Waals surface area contributed by atoms with Crippen molar-refractivity contribution < 1.29 is 0 Å². The Labute approximate surface area is 115 Å². The van der Waals surface area contributed by atoms with E-state index < -0.39 is 0 Å². The predicted octanol–water partition coefficient (Wildman–Crippen LogP) is 2.18. The fourth-order valence-corrected chi connectivity index (χ4v) is 4.30. The summed E-state index contributed by atoms with van der Waals surface area (Å²) in [4.78, 5) is 8.23. The number of imidazole rings is 1. The lowest BCUT2D eigenvalue weighted by atomic mass is 10.2. The van der Waals surface area contributed by atoms with E-state index in [1.165, 1.54) is 5.75 Å². The molecular weight excluding hydrogens is 264 g/mol. The van der Waals surface area contributed by atoms with Gasteiger partial charge in [0, 0.05) is 41.7 Å². The Hall–Kier alpha value is -0.720. The SMILES string of the molecule is CC1SCCN(c2nc3sccn3c2CN)C1C. The van der Waals surface area contributed by atoms with Gasteiger partial charge in [-0.3, -0.25) is 4.40 Å². The zero-order valence-electron chi connectivity index (χ0n) is 10.7. The molecule has 1 aliphatic rings.